The lowest BCUT2D eigenvalue weighted by Crippen LogP contribution is -2.56. The number of hydrogen-bond donors (Lipinski definition) is 2. The maximum absolute atomic E-state index is 13.1. The molecule has 1 aliphatic heterocycles. The Morgan fingerprint density at radius 3 is 2.52 bits per heavy atom. The standard InChI is InChI=1S/C19H21FN2O5S2/c1-13-18(19(23)21-24)22(10-11-28-13)29(25,26)17-8-6-16(7-9-17)27-12-14-2-4-15(20)5-3-14/h2-9,13,18,24H,10-12H2,1H3,(H,21,23)/t13-,18+/m0/s1. The zero-order chi connectivity index (χ0) is 21.0. The molecule has 10 heteroatoms. The van der Waals surface area contributed by atoms with Crippen molar-refractivity contribution in [2.45, 2.75) is 29.7 Å². The fraction of sp³-hybridized carbons (Fsp3) is 0.316. The summed E-state index contributed by atoms with van der Waals surface area (Å²) in [6, 6.07) is 10.8. The van der Waals surface area contributed by atoms with E-state index >= 15 is 0 Å². The van der Waals surface area contributed by atoms with Gasteiger partial charge >= 0.3 is 0 Å². The van der Waals surface area contributed by atoms with E-state index < -0.39 is 22.0 Å². The number of thioether (sulfide) groups is 1. The molecule has 1 heterocycles. The number of sulfonamides is 1. The average Bonchev–Trinajstić information content (AvgIpc) is 2.73. The normalized spacial score (nSPS) is 20.2. The van der Waals surface area contributed by atoms with Crippen LogP contribution in [0.2, 0.25) is 0 Å². The number of amides is 1. The van der Waals surface area contributed by atoms with Crippen LogP contribution < -0.4 is 10.2 Å². The van der Waals surface area contributed by atoms with E-state index in [1.165, 1.54) is 48.2 Å². The Bertz CT molecular complexity index is 952. The van der Waals surface area contributed by atoms with E-state index in [-0.39, 0.29) is 29.1 Å². The maximum atomic E-state index is 13.1. The predicted octanol–water partition coefficient (Wildman–Crippen LogP) is 2.40. The second-order valence-electron chi connectivity index (χ2n) is 6.50. The minimum Gasteiger partial charge on any atom is -0.489 e. The molecule has 2 N–H and O–H groups in total. The molecule has 0 saturated carbocycles. The summed E-state index contributed by atoms with van der Waals surface area (Å²) in [5.74, 6) is -0.0796. The van der Waals surface area contributed by atoms with Crippen LogP contribution in [0.5, 0.6) is 5.75 Å². The van der Waals surface area contributed by atoms with Crippen LogP contribution in [0, 0.1) is 5.82 Å². The van der Waals surface area contributed by atoms with E-state index in [0.29, 0.717) is 11.5 Å². The zero-order valence-corrected chi connectivity index (χ0v) is 17.2. The van der Waals surface area contributed by atoms with E-state index in [0.717, 1.165) is 9.87 Å². The number of benzene rings is 2. The number of ether oxygens (including phenoxy) is 1. The molecule has 2 atom stereocenters. The lowest BCUT2D eigenvalue weighted by atomic mass is 10.2. The van der Waals surface area contributed by atoms with Crippen LogP contribution in [0.15, 0.2) is 53.4 Å². The summed E-state index contributed by atoms with van der Waals surface area (Å²) in [5.41, 5.74) is 2.34. The first-order valence-corrected chi connectivity index (χ1v) is 11.4. The average molecular weight is 441 g/mol. The van der Waals surface area contributed by atoms with E-state index in [1.54, 1.807) is 24.5 Å². The van der Waals surface area contributed by atoms with Crippen molar-refractivity contribution in [1.82, 2.24) is 9.79 Å². The van der Waals surface area contributed by atoms with Crippen LogP contribution in [0.3, 0.4) is 0 Å². The fourth-order valence-electron chi connectivity index (χ4n) is 3.06. The molecule has 1 saturated heterocycles. The van der Waals surface area contributed by atoms with Gasteiger partial charge in [0.05, 0.1) is 4.90 Å². The third kappa shape index (κ3) is 4.89. The number of carbonyl (C=O) groups excluding carboxylic acids is 1. The van der Waals surface area contributed by atoms with Crippen molar-refractivity contribution in [3.63, 3.8) is 0 Å². The molecule has 0 bridgehead atoms. The third-order valence-corrected chi connectivity index (χ3v) is 7.67. The molecule has 1 fully saturated rings. The lowest BCUT2D eigenvalue weighted by molar-refractivity contribution is -0.133. The number of hydroxylamine groups is 1. The summed E-state index contributed by atoms with van der Waals surface area (Å²) in [5, 5.41) is 8.69. The minimum absolute atomic E-state index is 0.0291. The highest BCUT2D eigenvalue weighted by Gasteiger charge is 2.41. The topological polar surface area (TPSA) is 95.9 Å². The summed E-state index contributed by atoms with van der Waals surface area (Å²) < 4.78 is 45.8. The molecular weight excluding hydrogens is 419 g/mol. The Kier molecular flexibility index (Phi) is 6.78. The fourth-order valence-corrected chi connectivity index (χ4v) is 6.04. The molecule has 7 nitrogen and oxygen atoms in total. The second kappa shape index (κ2) is 9.12. The molecule has 0 aromatic heterocycles. The van der Waals surface area contributed by atoms with E-state index in [4.69, 9.17) is 9.94 Å². The molecule has 29 heavy (non-hydrogen) atoms. The predicted molar refractivity (Wildman–Crippen MR) is 107 cm³/mol. The second-order valence-corrected chi connectivity index (χ2v) is 9.87. The molecule has 0 aliphatic carbocycles. The minimum atomic E-state index is -3.94. The van der Waals surface area contributed by atoms with Gasteiger partial charge in [0.2, 0.25) is 10.0 Å². The quantitative estimate of drug-likeness (QED) is 0.529. The van der Waals surface area contributed by atoms with Gasteiger partial charge in [-0.3, -0.25) is 10.0 Å². The molecule has 3 rings (SSSR count). The van der Waals surface area contributed by atoms with Gasteiger partial charge in [-0.2, -0.15) is 16.1 Å². The van der Waals surface area contributed by atoms with Gasteiger partial charge in [-0.05, 0) is 42.0 Å². The highest BCUT2D eigenvalue weighted by molar-refractivity contribution is 8.00. The Balaban J connectivity index is 1.75. The van der Waals surface area contributed by atoms with Gasteiger partial charge in [-0.15, -0.1) is 0 Å². The summed E-state index contributed by atoms with van der Waals surface area (Å²) in [6.45, 7) is 2.13. The number of halogens is 1. The molecule has 0 unspecified atom stereocenters. The highest BCUT2D eigenvalue weighted by Crippen LogP contribution is 2.30. The SMILES string of the molecule is C[C@@H]1SCCN(S(=O)(=O)c2ccc(OCc3ccc(F)cc3)cc2)[C@H]1C(=O)NO. The summed E-state index contributed by atoms with van der Waals surface area (Å²) in [4.78, 5) is 12.1. The summed E-state index contributed by atoms with van der Waals surface area (Å²) in [7, 11) is -3.94. The Labute approximate surface area is 172 Å². The van der Waals surface area contributed by atoms with Crippen molar-refractivity contribution in [2.75, 3.05) is 12.3 Å². The van der Waals surface area contributed by atoms with Crippen LogP contribution in [-0.4, -0.2) is 47.4 Å². The maximum Gasteiger partial charge on any atom is 0.262 e. The van der Waals surface area contributed by atoms with Crippen LogP contribution in [0.25, 0.3) is 0 Å². The third-order valence-electron chi connectivity index (χ3n) is 4.58. The highest BCUT2D eigenvalue weighted by atomic mass is 32.2. The number of hydrogen-bond acceptors (Lipinski definition) is 6. The first-order valence-electron chi connectivity index (χ1n) is 8.87. The smallest absolute Gasteiger partial charge is 0.262 e. The van der Waals surface area contributed by atoms with Crippen molar-refractivity contribution in [3.05, 3.63) is 59.9 Å². The summed E-state index contributed by atoms with van der Waals surface area (Å²) in [6.07, 6.45) is 0. The zero-order valence-electron chi connectivity index (χ0n) is 15.6. The van der Waals surface area contributed by atoms with Gasteiger partial charge < -0.3 is 4.74 Å². The van der Waals surface area contributed by atoms with E-state index in [2.05, 4.69) is 0 Å². The molecule has 2 aromatic rings. The monoisotopic (exact) mass is 440 g/mol. The van der Waals surface area contributed by atoms with E-state index in [9.17, 15) is 17.6 Å². The number of rotatable bonds is 6. The molecule has 1 aliphatic rings. The van der Waals surface area contributed by atoms with Gasteiger partial charge in [0, 0.05) is 17.5 Å². The van der Waals surface area contributed by atoms with Crippen LogP contribution >= 0.6 is 11.8 Å². The Morgan fingerprint density at radius 2 is 1.90 bits per heavy atom. The lowest BCUT2D eigenvalue weighted by Gasteiger charge is -2.36. The van der Waals surface area contributed by atoms with E-state index in [1.807, 2.05) is 0 Å². The van der Waals surface area contributed by atoms with Crippen molar-refractivity contribution in [3.8, 4) is 5.75 Å². The van der Waals surface area contributed by atoms with Gasteiger partial charge in [0.25, 0.3) is 5.91 Å². The Morgan fingerprint density at radius 1 is 1.24 bits per heavy atom. The van der Waals surface area contributed by atoms with Gasteiger partial charge in [-0.1, -0.05) is 19.1 Å². The molecule has 1 amide bonds. The first kappa shape index (κ1) is 21.6. The molecule has 0 radical (unpaired) electrons. The number of nitrogens with one attached hydrogen (secondary N) is 1. The van der Waals surface area contributed by atoms with Crippen molar-refractivity contribution < 1.29 is 27.5 Å². The van der Waals surface area contributed by atoms with Crippen molar-refractivity contribution in [2.24, 2.45) is 0 Å². The molecular formula is C19H21FN2O5S2. The summed E-state index contributed by atoms with van der Waals surface area (Å²) >= 11 is 1.47. The number of nitrogens with zero attached hydrogens (tertiary/aromatic N) is 1. The Hall–Kier alpha value is -2.14. The molecule has 156 valence electrons. The van der Waals surface area contributed by atoms with Crippen LogP contribution in [0.4, 0.5) is 4.39 Å². The van der Waals surface area contributed by atoms with Gasteiger partial charge in [-0.25, -0.2) is 18.3 Å². The van der Waals surface area contributed by atoms with Crippen molar-refractivity contribution >= 4 is 27.7 Å². The molecule has 2 aromatic carbocycles. The number of carbonyl (C=O) groups is 1. The van der Waals surface area contributed by atoms with Crippen LogP contribution in [0.1, 0.15) is 12.5 Å². The van der Waals surface area contributed by atoms with Crippen molar-refractivity contribution in [1.29, 1.82) is 0 Å². The van der Waals surface area contributed by atoms with Crippen LogP contribution in [-0.2, 0) is 21.4 Å². The first-order chi connectivity index (χ1) is 13.8. The molecule has 0 spiro atoms. The largest absolute Gasteiger partial charge is 0.489 e. The van der Waals surface area contributed by atoms with Gasteiger partial charge in [0.15, 0.2) is 0 Å². The van der Waals surface area contributed by atoms with Gasteiger partial charge in [0.1, 0.15) is 24.2 Å².